The van der Waals surface area contributed by atoms with Crippen molar-refractivity contribution in [1.82, 2.24) is 14.7 Å². The number of amides is 1. The Morgan fingerprint density at radius 2 is 1.89 bits per heavy atom. The number of carbonyl (C=O) groups is 1. The first-order valence-corrected chi connectivity index (χ1v) is 9.92. The molecule has 0 aliphatic carbocycles. The molecule has 1 aliphatic rings. The number of hydrogen-bond acceptors (Lipinski definition) is 3. The third-order valence-electron chi connectivity index (χ3n) is 5.24. The smallest absolute Gasteiger partial charge is 0.275 e. The van der Waals surface area contributed by atoms with Crippen LogP contribution in [0, 0.1) is 6.92 Å². The van der Waals surface area contributed by atoms with Crippen LogP contribution < -0.4 is 5.56 Å². The molecule has 0 spiro atoms. The Bertz CT molecular complexity index is 1130. The van der Waals surface area contributed by atoms with E-state index in [9.17, 15) is 9.59 Å². The van der Waals surface area contributed by atoms with Gasteiger partial charge in [0.2, 0.25) is 5.91 Å². The highest BCUT2D eigenvalue weighted by atomic mass is 35.5. The second-order valence-electron chi connectivity index (χ2n) is 7.01. The number of fused-ring (bicyclic) bond motifs is 1. The van der Waals surface area contributed by atoms with E-state index in [2.05, 4.69) is 5.10 Å². The number of nitrogens with zero attached hydrogens (tertiary/aromatic N) is 3. The first-order chi connectivity index (χ1) is 13.5. The fourth-order valence-electron chi connectivity index (χ4n) is 3.86. The SMILES string of the molecule is Cc1nn(CC(=O)N2CCCC2c2ccc(Cl)c(Cl)c2)c(=O)c2ccccc12. The molecule has 3 aromatic rings. The largest absolute Gasteiger partial charge is 0.334 e. The molecule has 1 atom stereocenters. The van der Waals surface area contributed by atoms with Crippen molar-refractivity contribution in [3.8, 4) is 0 Å². The summed E-state index contributed by atoms with van der Waals surface area (Å²) in [5.74, 6) is -0.127. The van der Waals surface area contributed by atoms with E-state index >= 15 is 0 Å². The van der Waals surface area contributed by atoms with Gasteiger partial charge in [0, 0.05) is 11.9 Å². The van der Waals surface area contributed by atoms with Crippen molar-refractivity contribution in [2.75, 3.05) is 6.54 Å². The Kier molecular flexibility index (Phi) is 5.13. The summed E-state index contributed by atoms with van der Waals surface area (Å²) >= 11 is 12.2. The minimum Gasteiger partial charge on any atom is -0.334 e. The van der Waals surface area contributed by atoms with Gasteiger partial charge in [0.1, 0.15) is 6.54 Å². The zero-order valence-electron chi connectivity index (χ0n) is 15.4. The van der Waals surface area contributed by atoms with Crippen molar-refractivity contribution in [3.05, 3.63) is 74.1 Å². The third-order valence-corrected chi connectivity index (χ3v) is 5.98. The molecule has 4 rings (SSSR count). The van der Waals surface area contributed by atoms with Gasteiger partial charge >= 0.3 is 0 Å². The summed E-state index contributed by atoms with van der Waals surface area (Å²) in [6, 6.07) is 12.7. The quantitative estimate of drug-likeness (QED) is 0.637. The maximum absolute atomic E-state index is 13.0. The Morgan fingerprint density at radius 1 is 1.14 bits per heavy atom. The molecule has 1 aromatic heterocycles. The van der Waals surface area contributed by atoms with Gasteiger partial charge in [-0.25, -0.2) is 4.68 Å². The molecule has 5 nitrogen and oxygen atoms in total. The van der Waals surface area contributed by atoms with E-state index in [0.29, 0.717) is 22.0 Å². The highest BCUT2D eigenvalue weighted by Gasteiger charge is 2.30. The molecule has 1 unspecified atom stereocenters. The molecule has 7 heteroatoms. The summed E-state index contributed by atoms with van der Waals surface area (Å²) in [4.78, 5) is 27.6. The number of aryl methyl sites for hydroxylation is 1. The van der Waals surface area contributed by atoms with Crippen LogP contribution in [0.15, 0.2) is 47.3 Å². The van der Waals surface area contributed by atoms with Gasteiger partial charge in [-0.3, -0.25) is 9.59 Å². The van der Waals surface area contributed by atoms with Gasteiger partial charge in [-0.2, -0.15) is 5.10 Å². The van der Waals surface area contributed by atoms with Crippen LogP contribution in [0.25, 0.3) is 10.8 Å². The highest BCUT2D eigenvalue weighted by Crippen LogP contribution is 2.35. The van der Waals surface area contributed by atoms with Gasteiger partial charge in [-0.15, -0.1) is 0 Å². The lowest BCUT2D eigenvalue weighted by atomic mass is 10.0. The molecular weight excluding hydrogens is 397 g/mol. The molecule has 1 amide bonds. The van der Waals surface area contributed by atoms with Gasteiger partial charge in [0.15, 0.2) is 0 Å². The topological polar surface area (TPSA) is 55.2 Å². The number of likely N-dealkylation sites (tertiary alicyclic amines) is 1. The predicted octanol–water partition coefficient (Wildman–Crippen LogP) is 4.38. The standard InChI is InChI=1S/C21H19Cl2N3O2/c1-13-15-5-2-3-6-16(15)21(28)26(24-13)12-20(27)25-10-4-7-19(25)14-8-9-17(22)18(23)11-14/h2-3,5-6,8-9,11,19H,4,7,10,12H2,1H3. The average Bonchev–Trinajstić information content (AvgIpc) is 3.18. The predicted molar refractivity (Wildman–Crippen MR) is 111 cm³/mol. The van der Waals surface area contributed by atoms with E-state index in [-0.39, 0.29) is 24.1 Å². The molecule has 0 bridgehead atoms. The first-order valence-electron chi connectivity index (χ1n) is 9.16. The van der Waals surface area contributed by atoms with Crippen molar-refractivity contribution >= 4 is 39.9 Å². The van der Waals surface area contributed by atoms with Crippen LogP contribution >= 0.6 is 23.2 Å². The summed E-state index contributed by atoms with van der Waals surface area (Å²) in [6.45, 7) is 2.41. The Morgan fingerprint density at radius 3 is 2.64 bits per heavy atom. The lowest BCUT2D eigenvalue weighted by Gasteiger charge is -2.25. The normalized spacial score (nSPS) is 16.7. The second-order valence-corrected chi connectivity index (χ2v) is 7.83. The molecule has 1 fully saturated rings. The van der Waals surface area contributed by atoms with Crippen LogP contribution in [0.5, 0.6) is 0 Å². The number of halogens is 2. The number of aromatic nitrogens is 2. The number of hydrogen-bond donors (Lipinski definition) is 0. The van der Waals surface area contributed by atoms with Crippen LogP contribution in [-0.4, -0.2) is 27.1 Å². The van der Waals surface area contributed by atoms with E-state index in [0.717, 1.165) is 29.5 Å². The fraction of sp³-hybridized carbons (Fsp3) is 0.286. The highest BCUT2D eigenvalue weighted by molar-refractivity contribution is 6.42. The van der Waals surface area contributed by atoms with Crippen LogP contribution in [0.1, 0.15) is 30.1 Å². The molecule has 0 N–H and O–H groups in total. The molecule has 2 aromatic carbocycles. The zero-order valence-corrected chi connectivity index (χ0v) is 16.9. The summed E-state index contributed by atoms with van der Waals surface area (Å²) < 4.78 is 1.27. The maximum atomic E-state index is 13.0. The lowest BCUT2D eigenvalue weighted by Crippen LogP contribution is -2.37. The molecular formula is C21H19Cl2N3O2. The van der Waals surface area contributed by atoms with Gasteiger partial charge < -0.3 is 4.90 Å². The van der Waals surface area contributed by atoms with E-state index in [4.69, 9.17) is 23.2 Å². The molecule has 28 heavy (non-hydrogen) atoms. The summed E-state index contributed by atoms with van der Waals surface area (Å²) in [5.41, 5.74) is 1.43. The van der Waals surface area contributed by atoms with Gasteiger partial charge in [0.25, 0.3) is 5.56 Å². The van der Waals surface area contributed by atoms with Crippen molar-refractivity contribution in [2.24, 2.45) is 0 Å². The summed E-state index contributed by atoms with van der Waals surface area (Å²) in [6.07, 6.45) is 1.75. The number of benzene rings is 2. The molecule has 0 saturated carbocycles. The molecule has 0 radical (unpaired) electrons. The van der Waals surface area contributed by atoms with Gasteiger partial charge in [-0.1, -0.05) is 47.5 Å². The van der Waals surface area contributed by atoms with E-state index < -0.39 is 0 Å². The zero-order chi connectivity index (χ0) is 19.8. The van der Waals surface area contributed by atoms with Crippen molar-refractivity contribution in [3.63, 3.8) is 0 Å². The van der Waals surface area contributed by atoms with Crippen LogP contribution in [0.4, 0.5) is 0 Å². The molecule has 2 heterocycles. The molecule has 1 aliphatic heterocycles. The van der Waals surface area contributed by atoms with Crippen molar-refractivity contribution in [1.29, 1.82) is 0 Å². The molecule has 1 saturated heterocycles. The Hall–Kier alpha value is -2.37. The van der Waals surface area contributed by atoms with Crippen molar-refractivity contribution < 1.29 is 4.79 Å². The third kappa shape index (κ3) is 3.40. The monoisotopic (exact) mass is 415 g/mol. The minimum atomic E-state index is -0.250. The van der Waals surface area contributed by atoms with Crippen LogP contribution in [0.3, 0.4) is 0 Å². The van der Waals surface area contributed by atoms with Crippen LogP contribution in [-0.2, 0) is 11.3 Å². The second kappa shape index (κ2) is 7.57. The van der Waals surface area contributed by atoms with Crippen molar-refractivity contribution in [2.45, 2.75) is 32.4 Å². The first kappa shape index (κ1) is 19.0. The Labute approximate surface area is 172 Å². The summed E-state index contributed by atoms with van der Waals surface area (Å²) in [5, 5.41) is 6.70. The molecule has 144 valence electrons. The maximum Gasteiger partial charge on any atom is 0.275 e. The van der Waals surface area contributed by atoms with E-state index in [1.54, 1.807) is 17.0 Å². The summed E-state index contributed by atoms with van der Waals surface area (Å²) in [7, 11) is 0. The number of rotatable bonds is 3. The lowest BCUT2D eigenvalue weighted by molar-refractivity contribution is -0.133. The average molecular weight is 416 g/mol. The van der Waals surface area contributed by atoms with E-state index in [1.807, 2.05) is 37.3 Å². The van der Waals surface area contributed by atoms with E-state index in [1.165, 1.54) is 4.68 Å². The number of carbonyl (C=O) groups excluding carboxylic acids is 1. The van der Waals surface area contributed by atoms with Gasteiger partial charge in [0.05, 0.1) is 27.2 Å². The Balaban J connectivity index is 1.63. The fourth-order valence-corrected chi connectivity index (χ4v) is 4.17. The van der Waals surface area contributed by atoms with Gasteiger partial charge in [-0.05, 0) is 43.5 Å². The van der Waals surface area contributed by atoms with Crippen LogP contribution in [0.2, 0.25) is 10.0 Å². The minimum absolute atomic E-state index is 0.0699.